The molecule has 1 fully saturated rings. The number of carbonyl (C=O) groups is 1. The molecule has 0 radical (unpaired) electrons. The van der Waals surface area contributed by atoms with E-state index in [1.165, 1.54) is 82.6 Å². The van der Waals surface area contributed by atoms with Gasteiger partial charge in [0.05, 0.1) is 6.61 Å². The van der Waals surface area contributed by atoms with Crippen LogP contribution in [-0.2, 0) is 14.3 Å². The molecule has 1 aromatic carbocycles. The molecule has 6 nitrogen and oxygen atoms in total. The van der Waals surface area contributed by atoms with E-state index in [1.807, 2.05) is 18.2 Å². The molecule has 0 unspecified atom stereocenters. The van der Waals surface area contributed by atoms with Crippen molar-refractivity contribution in [3.63, 3.8) is 0 Å². The second-order valence-corrected chi connectivity index (χ2v) is 10.5. The fraction of sp³-hybridized carbons (Fsp3) is 0.774. The summed E-state index contributed by atoms with van der Waals surface area (Å²) in [7, 11) is 0. The lowest BCUT2D eigenvalue weighted by atomic mass is 10.0. The minimum absolute atomic E-state index is 0.0179. The average Bonchev–Trinajstić information content (AvgIpc) is 3.23. The Kier molecular flexibility index (Phi) is 20.4. The van der Waals surface area contributed by atoms with Gasteiger partial charge in [0.15, 0.2) is 0 Å². The van der Waals surface area contributed by atoms with Crippen LogP contribution in [0, 0.1) is 6.92 Å². The van der Waals surface area contributed by atoms with Gasteiger partial charge in [-0.1, -0.05) is 133 Å². The van der Waals surface area contributed by atoms with Crippen LogP contribution in [0.15, 0.2) is 30.3 Å². The molecule has 37 heavy (non-hydrogen) atoms. The number of aryl methyl sites for hydroxylation is 1. The third-order valence-corrected chi connectivity index (χ3v) is 6.91. The van der Waals surface area contributed by atoms with Crippen LogP contribution < -0.4 is 0 Å². The summed E-state index contributed by atoms with van der Waals surface area (Å²) in [5.74, 6) is -0.336. The molecule has 0 aromatic heterocycles. The van der Waals surface area contributed by atoms with Crippen LogP contribution in [0.2, 0.25) is 0 Å². The van der Waals surface area contributed by atoms with Gasteiger partial charge in [-0.05, 0) is 13.3 Å². The summed E-state index contributed by atoms with van der Waals surface area (Å²) in [5.41, 5.74) is 1.32. The molecule has 0 bridgehead atoms. The molecule has 1 aliphatic heterocycles. The third kappa shape index (κ3) is 17.6. The van der Waals surface area contributed by atoms with Crippen LogP contribution in [-0.4, -0.2) is 58.9 Å². The Morgan fingerprint density at radius 1 is 0.865 bits per heavy atom. The number of esters is 1. The fourth-order valence-electron chi connectivity index (χ4n) is 4.48. The molecule has 2 rings (SSSR count). The molecule has 4 atom stereocenters. The number of unbranched alkanes of at least 4 members (excludes halogenated alkanes) is 14. The van der Waals surface area contributed by atoms with Gasteiger partial charge in [0.2, 0.25) is 0 Å². The summed E-state index contributed by atoms with van der Waals surface area (Å²) in [4.78, 5) is 11.8. The van der Waals surface area contributed by atoms with Crippen LogP contribution in [0.3, 0.4) is 0 Å². The van der Waals surface area contributed by atoms with Crippen molar-refractivity contribution in [3.05, 3.63) is 35.9 Å². The first-order chi connectivity index (χ1) is 18.0. The standard InChI is InChI=1S/C24H46O6.C7H8/c1-2-3-4-5-6-7-8-9-10-11-12-13-14-15-16-17-22(27)29-19-21(26)24-23(28)20(25)18-30-24;1-7-5-3-2-4-6-7/h20-21,23-26,28H,2-19H2,1H3;2-6H,1H3/t20-,21+,23+,24+;/m0./s1. The quantitative estimate of drug-likeness (QED) is 0.146. The zero-order chi connectivity index (χ0) is 27.1. The monoisotopic (exact) mass is 522 g/mol. The van der Waals surface area contributed by atoms with Crippen LogP contribution in [0.1, 0.15) is 115 Å². The Hall–Kier alpha value is -1.47. The highest BCUT2D eigenvalue weighted by atomic mass is 16.6. The molecule has 0 aliphatic carbocycles. The zero-order valence-corrected chi connectivity index (χ0v) is 23.5. The number of ether oxygens (including phenoxy) is 2. The van der Waals surface area contributed by atoms with Crippen LogP contribution >= 0.6 is 0 Å². The topological polar surface area (TPSA) is 96.2 Å². The number of rotatable bonds is 19. The molecular formula is C31H54O6. The average molecular weight is 523 g/mol. The lowest BCUT2D eigenvalue weighted by molar-refractivity contribution is -0.151. The van der Waals surface area contributed by atoms with E-state index in [9.17, 15) is 20.1 Å². The minimum Gasteiger partial charge on any atom is -0.463 e. The highest BCUT2D eigenvalue weighted by molar-refractivity contribution is 5.69. The van der Waals surface area contributed by atoms with Gasteiger partial charge in [-0.2, -0.15) is 0 Å². The largest absolute Gasteiger partial charge is 0.463 e. The van der Waals surface area contributed by atoms with E-state index < -0.39 is 24.4 Å². The van der Waals surface area contributed by atoms with Gasteiger partial charge in [-0.25, -0.2) is 0 Å². The van der Waals surface area contributed by atoms with Crippen molar-refractivity contribution < 1.29 is 29.6 Å². The maximum absolute atomic E-state index is 11.8. The maximum Gasteiger partial charge on any atom is 0.305 e. The summed E-state index contributed by atoms with van der Waals surface area (Å²) in [6, 6.07) is 10.3. The van der Waals surface area contributed by atoms with Gasteiger partial charge in [0.1, 0.15) is 31.0 Å². The molecule has 0 saturated carbocycles. The van der Waals surface area contributed by atoms with Crippen LogP contribution in [0.25, 0.3) is 0 Å². The second kappa shape index (κ2) is 22.5. The molecule has 3 N–H and O–H groups in total. The Labute approximate surface area is 225 Å². The van der Waals surface area contributed by atoms with Crippen molar-refractivity contribution in [2.45, 2.75) is 141 Å². The molecular weight excluding hydrogens is 468 g/mol. The molecule has 1 saturated heterocycles. The first-order valence-corrected chi connectivity index (χ1v) is 14.8. The molecule has 1 aliphatic rings. The number of aliphatic hydroxyl groups is 3. The molecule has 6 heteroatoms. The van der Waals surface area contributed by atoms with Crippen molar-refractivity contribution in [3.8, 4) is 0 Å². The summed E-state index contributed by atoms with van der Waals surface area (Å²) >= 11 is 0. The van der Waals surface area contributed by atoms with Crippen molar-refractivity contribution in [1.29, 1.82) is 0 Å². The van der Waals surface area contributed by atoms with Gasteiger partial charge in [-0.15, -0.1) is 0 Å². The first kappa shape index (κ1) is 33.6. The minimum atomic E-state index is -1.14. The number of hydrogen-bond acceptors (Lipinski definition) is 6. The number of aliphatic hydroxyl groups excluding tert-OH is 3. The normalized spacial score (nSPS) is 19.8. The van der Waals surface area contributed by atoms with E-state index in [4.69, 9.17) is 9.47 Å². The van der Waals surface area contributed by atoms with Crippen LogP contribution in [0.5, 0.6) is 0 Å². The van der Waals surface area contributed by atoms with E-state index in [0.29, 0.717) is 6.42 Å². The first-order valence-electron chi connectivity index (χ1n) is 14.8. The highest BCUT2D eigenvalue weighted by Crippen LogP contribution is 2.18. The van der Waals surface area contributed by atoms with E-state index in [2.05, 4.69) is 26.0 Å². The smallest absolute Gasteiger partial charge is 0.305 e. The fourth-order valence-corrected chi connectivity index (χ4v) is 4.48. The van der Waals surface area contributed by atoms with Gasteiger partial charge in [-0.3, -0.25) is 4.79 Å². The molecule has 1 heterocycles. The predicted molar refractivity (Wildman–Crippen MR) is 149 cm³/mol. The summed E-state index contributed by atoms with van der Waals surface area (Å²) in [6.07, 6.45) is 15.4. The SMILES string of the molecule is CCCCCCCCCCCCCCCCCC(=O)OC[C@@H](O)[C@H]1OC[C@H](O)[C@H]1O.Cc1ccccc1. The number of hydrogen-bond donors (Lipinski definition) is 3. The Balaban J connectivity index is 0.000000836. The third-order valence-electron chi connectivity index (χ3n) is 6.91. The Morgan fingerprint density at radius 2 is 1.35 bits per heavy atom. The maximum atomic E-state index is 11.8. The lowest BCUT2D eigenvalue weighted by Gasteiger charge is -2.20. The van der Waals surface area contributed by atoms with Crippen molar-refractivity contribution in [2.24, 2.45) is 0 Å². The molecule has 0 amide bonds. The van der Waals surface area contributed by atoms with E-state index in [1.54, 1.807) is 0 Å². The zero-order valence-electron chi connectivity index (χ0n) is 23.5. The van der Waals surface area contributed by atoms with Crippen molar-refractivity contribution in [1.82, 2.24) is 0 Å². The van der Waals surface area contributed by atoms with Gasteiger partial charge in [0.25, 0.3) is 0 Å². The van der Waals surface area contributed by atoms with E-state index in [-0.39, 0.29) is 19.2 Å². The van der Waals surface area contributed by atoms with Crippen molar-refractivity contribution >= 4 is 5.97 Å². The summed E-state index contributed by atoms with van der Waals surface area (Å²) in [6.45, 7) is 4.11. The molecule has 214 valence electrons. The van der Waals surface area contributed by atoms with Crippen molar-refractivity contribution in [2.75, 3.05) is 13.2 Å². The highest BCUT2D eigenvalue weighted by Gasteiger charge is 2.39. The van der Waals surface area contributed by atoms with Gasteiger partial charge in [0, 0.05) is 6.42 Å². The summed E-state index contributed by atoms with van der Waals surface area (Å²) < 4.78 is 10.2. The number of benzene rings is 1. The number of carbonyl (C=O) groups excluding carboxylic acids is 1. The second-order valence-electron chi connectivity index (χ2n) is 10.5. The van der Waals surface area contributed by atoms with E-state index in [0.717, 1.165) is 19.3 Å². The summed E-state index contributed by atoms with van der Waals surface area (Å²) in [5, 5.41) is 29.0. The molecule has 0 spiro atoms. The predicted octanol–water partition coefficient (Wildman–Crippen LogP) is 6.27. The molecule has 1 aromatic rings. The van der Waals surface area contributed by atoms with E-state index >= 15 is 0 Å². The van der Waals surface area contributed by atoms with Gasteiger partial charge < -0.3 is 24.8 Å². The van der Waals surface area contributed by atoms with Crippen LogP contribution in [0.4, 0.5) is 0 Å². The Bertz CT molecular complexity index is 652. The van der Waals surface area contributed by atoms with Gasteiger partial charge >= 0.3 is 5.97 Å². The lowest BCUT2D eigenvalue weighted by Crippen LogP contribution is -2.41. The Morgan fingerprint density at radius 3 is 1.76 bits per heavy atom.